The maximum absolute atomic E-state index is 14.0. The lowest BCUT2D eigenvalue weighted by Gasteiger charge is -2.19. The second kappa shape index (κ2) is 8.69. The number of ketones is 1. The largest absolute Gasteiger partial charge is 0.507 e. The molecule has 1 aromatic carbocycles. The summed E-state index contributed by atoms with van der Waals surface area (Å²) in [5, 5.41) is 9.36. The molecule has 1 saturated carbocycles. The summed E-state index contributed by atoms with van der Waals surface area (Å²) in [4.78, 5) is 18.3. The number of fused-ring (bicyclic) bond motifs is 1. The number of aliphatic imine (C=N–C) groups is 1. The molecule has 3 atom stereocenters. The van der Waals surface area contributed by atoms with Crippen molar-refractivity contribution in [3.05, 3.63) is 53.7 Å². The number of hydrogen-bond acceptors (Lipinski definition) is 5. The van der Waals surface area contributed by atoms with Crippen LogP contribution in [0.4, 0.5) is 4.39 Å². The van der Waals surface area contributed by atoms with Crippen LogP contribution < -0.4 is 4.74 Å². The first-order valence-electron chi connectivity index (χ1n) is 9.62. The number of aliphatic hydroxyl groups is 1. The third kappa shape index (κ3) is 4.87. The van der Waals surface area contributed by atoms with Crippen molar-refractivity contribution in [2.24, 2.45) is 16.8 Å². The van der Waals surface area contributed by atoms with Gasteiger partial charge in [-0.25, -0.2) is 9.38 Å². The monoisotopic (exact) mass is 386 g/mol. The minimum absolute atomic E-state index is 0.000657. The van der Waals surface area contributed by atoms with Crippen LogP contribution >= 0.6 is 0 Å². The van der Waals surface area contributed by atoms with Gasteiger partial charge in [0.05, 0.1) is 18.9 Å². The van der Waals surface area contributed by atoms with Gasteiger partial charge in [-0.1, -0.05) is 12.6 Å². The molecule has 1 saturated heterocycles. The molecule has 5 nitrogen and oxygen atoms in total. The molecule has 6 heteroatoms. The van der Waals surface area contributed by atoms with E-state index in [4.69, 9.17) is 4.74 Å². The molecule has 2 fully saturated rings. The van der Waals surface area contributed by atoms with E-state index in [1.165, 1.54) is 18.4 Å². The van der Waals surface area contributed by atoms with Gasteiger partial charge in [0.25, 0.3) is 0 Å². The summed E-state index contributed by atoms with van der Waals surface area (Å²) >= 11 is 0. The Morgan fingerprint density at radius 1 is 1.39 bits per heavy atom. The number of benzene rings is 1. The predicted molar refractivity (Wildman–Crippen MR) is 107 cm³/mol. The van der Waals surface area contributed by atoms with Crippen LogP contribution in [0.2, 0.25) is 0 Å². The zero-order chi connectivity index (χ0) is 20.3. The number of aryl methyl sites for hydroxylation is 1. The zero-order valence-electron chi connectivity index (χ0n) is 16.4. The molecule has 2 aliphatic rings. The summed E-state index contributed by atoms with van der Waals surface area (Å²) in [5.41, 5.74) is 1.02. The number of carbonyl (C=O) groups excluding carboxylic acids is 1. The van der Waals surface area contributed by atoms with Gasteiger partial charge >= 0.3 is 0 Å². The maximum atomic E-state index is 14.0. The Morgan fingerprint density at radius 3 is 2.68 bits per heavy atom. The van der Waals surface area contributed by atoms with Gasteiger partial charge in [0.2, 0.25) is 0 Å². The van der Waals surface area contributed by atoms with Crippen molar-refractivity contribution < 1.29 is 19.0 Å². The van der Waals surface area contributed by atoms with Gasteiger partial charge in [-0.05, 0) is 62.3 Å². The van der Waals surface area contributed by atoms with E-state index in [9.17, 15) is 14.3 Å². The van der Waals surface area contributed by atoms with Crippen molar-refractivity contribution in [1.29, 1.82) is 0 Å². The van der Waals surface area contributed by atoms with Crippen LogP contribution in [-0.2, 0) is 4.79 Å². The van der Waals surface area contributed by atoms with Gasteiger partial charge in [0, 0.05) is 13.1 Å². The van der Waals surface area contributed by atoms with Crippen molar-refractivity contribution in [2.45, 2.75) is 32.8 Å². The van der Waals surface area contributed by atoms with Crippen LogP contribution in [0.1, 0.15) is 25.3 Å². The predicted octanol–water partition coefficient (Wildman–Crippen LogP) is 3.84. The van der Waals surface area contributed by atoms with Gasteiger partial charge in [-0.15, -0.1) is 0 Å². The molecule has 1 unspecified atom stereocenters. The Hall–Kier alpha value is -2.47. The van der Waals surface area contributed by atoms with Crippen LogP contribution in [-0.4, -0.2) is 47.7 Å². The zero-order valence-corrected chi connectivity index (χ0v) is 16.4. The molecule has 0 radical (unpaired) electrons. The summed E-state index contributed by atoms with van der Waals surface area (Å²) < 4.78 is 19.9. The van der Waals surface area contributed by atoms with Gasteiger partial charge in [-0.2, -0.15) is 0 Å². The molecular formula is C22H27FN2O3. The van der Waals surface area contributed by atoms with Gasteiger partial charge in [0.1, 0.15) is 11.5 Å². The number of nitrogens with zero attached hydrogens (tertiary/aromatic N) is 2. The Morgan fingerprint density at radius 2 is 2.07 bits per heavy atom. The fraction of sp³-hybridized carbons (Fsp3) is 0.455. The Bertz CT molecular complexity index is 804. The molecule has 1 heterocycles. The highest BCUT2D eigenvalue weighted by atomic mass is 19.1. The fourth-order valence-electron chi connectivity index (χ4n) is 4.03. The van der Waals surface area contributed by atoms with Crippen LogP contribution in [0.25, 0.3) is 0 Å². The smallest absolute Gasteiger partial charge is 0.194 e. The molecule has 0 spiro atoms. The highest BCUT2D eigenvalue weighted by Crippen LogP contribution is 2.40. The van der Waals surface area contributed by atoms with Crippen LogP contribution in [0.15, 0.2) is 47.3 Å². The van der Waals surface area contributed by atoms with Crippen LogP contribution in [0.3, 0.4) is 0 Å². The molecule has 1 aliphatic carbocycles. The quantitative estimate of drug-likeness (QED) is 0.439. The lowest BCUT2D eigenvalue weighted by atomic mass is 10.0. The van der Waals surface area contributed by atoms with Crippen molar-refractivity contribution in [3.8, 4) is 5.75 Å². The minimum Gasteiger partial charge on any atom is -0.507 e. The summed E-state index contributed by atoms with van der Waals surface area (Å²) in [6.45, 7) is 9.14. The lowest BCUT2D eigenvalue weighted by molar-refractivity contribution is -0.116. The third-order valence-electron chi connectivity index (χ3n) is 5.50. The SMILES string of the molecule is C=C(N=C/C(O)=C\C)C(=O)CN1C[C@H]2CC(Oc3ccc(C)cc3F)C[C@H]2C1. The Balaban J connectivity index is 1.48. The van der Waals surface area contributed by atoms with E-state index in [2.05, 4.69) is 16.5 Å². The third-order valence-corrected chi connectivity index (χ3v) is 5.50. The van der Waals surface area contributed by atoms with Gasteiger partial charge < -0.3 is 9.84 Å². The van der Waals surface area contributed by atoms with E-state index in [0.717, 1.165) is 31.5 Å². The number of halogens is 1. The number of Topliss-reactive ketones (excluding diaryl/α,β-unsaturated/α-hetero) is 1. The first-order chi connectivity index (χ1) is 13.4. The molecule has 3 rings (SSSR count). The second-order valence-corrected chi connectivity index (χ2v) is 7.70. The maximum Gasteiger partial charge on any atom is 0.194 e. The topological polar surface area (TPSA) is 62.1 Å². The number of rotatable bonds is 7. The standard InChI is InChI=1S/C22H27FN2O3/c1-4-18(26)10-24-15(3)21(27)13-25-11-16-8-19(9-17(16)12-25)28-22-6-5-14(2)7-20(22)23/h4-7,10,16-17,19,26H,3,8-9,11-13H2,1-2H3/b18-4+,24-10?/t16-,17+,19?. The normalized spacial score (nSPS) is 25.2. The van der Waals surface area contributed by atoms with E-state index < -0.39 is 0 Å². The van der Waals surface area contributed by atoms with Crippen molar-refractivity contribution >= 4 is 12.0 Å². The van der Waals surface area contributed by atoms with E-state index >= 15 is 0 Å². The van der Waals surface area contributed by atoms with Gasteiger partial charge in [-0.3, -0.25) is 9.69 Å². The number of hydrogen-bond donors (Lipinski definition) is 1. The fourth-order valence-corrected chi connectivity index (χ4v) is 4.03. The molecular weight excluding hydrogens is 359 g/mol. The molecule has 0 amide bonds. The number of ether oxygens (including phenoxy) is 1. The molecule has 1 aliphatic heterocycles. The number of likely N-dealkylation sites (tertiary alicyclic amines) is 1. The summed E-state index contributed by atoms with van der Waals surface area (Å²) in [7, 11) is 0. The average Bonchev–Trinajstić information content (AvgIpc) is 3.19. The molecule has 0 bridgehead atoms. The van der Waals surface area contributed by atoms with Gasteiger partial charge in [0.15, 0.2) is 17.3 Å². The average molecular weight is 386 g/mol. The number of carbonyl (C=O) groups is 1. The first kappa shape index (κ1) is 20.3. The van der Waals surface area contributed by atoms with E-state index in [1.807, 2.05) is 13.0 Å². The van der Waals surface area contributed by atoms with E-state index in [-0.39, 0.29) is 35.7 Å². The van der Waals surface area contributed by atoms with Crippen LogP contribution in [0, 0.1) is 24.6 Å². The molecule has 0 aromatic heterocycles. The second-order valence-electron chi connectivity index (χ2n) is 7.70. The Kier molecular flexibility index (Phi) is 6.29. The first-order valence-corrected chi connectivity index (χ1v) is 9.62. The van der Waals surface area contributed by atoms with E-state index in [0.29, 0.717) is 17.6 Å². The molecule has 28 heavy (non-hydrogen) atoms. The lowest BCUT2D eigenvalue weighted by Crippen LogP contribution is -2.30. The van der Waals surface area contributed by atoms with E-state index in [1.54, 1.807) is 13.0 Å². The molecule has 150 valence electrons. The molecule has 1 N–H and O–H groups in total. The minimum atomic E-state index is -0.313. The molecule has 1 aromatic rings. The number of allylic oxidation sites excluding steroid dienone is 2. The highest BCUT2D eigenvalue weighted by Gasteiger charge is 2.42. The Labute approximate surface area is 165 Å². The summed E-state index contributed by atoms with van der Waals surface area (Å²) in [5.74, 6) is 0.772. The van der Waals surface area contributed by atoms with Crippen molar-refractivity contribution in [1.82, 2.24) is 4.90 Å². The number of aliphatic hydroxyl groups excluding tert-OH is 1. The van der Waals surface area contributed by atoms with Crippen LogP contribution in [0.5, 0.6) is 5.75 Å². The van der Waals surface area contributed by atoms with Crippen molar-refractivity contribution in [2.75, 3.05) is 19.6 Å². The highest BCUT2D eigenvalue weighted by molar-refractivity contribution is 5.98. The summed E-state index contributed by atoms with van der Waals surface area (Å²) in [6, 6.07) is 5.04. The van der Waals surface area contributed by atoms with Crippen molar-refractivity contribution in [3.63, 3.8) is 0 Å². The summed E-state index contributed by atoms with van der Waals surface area (Å²) in [6.07, 6.45) is 4.48.